The zero-order valence-corrected chi connectivity index (χ0v) is 9.86. The summed E-state index contributed by atoms with van der Waals surface area (Å²) in [6.45, 7) is 5.81. The molecule has 0 saturated carbocycles. The zero-order chi connectivity index (χ0) is 11.5. The first-order chi connectivity index (χ1) is 7.70. The molecule has 1 saturated heterocycles. The first-order valence-electron chi connectivity index (χ1n) is 5.89. The van der Waals surface area contributed by atoms with Crippen LogP contribution >= 0.6 is 0 Å². The van der Waals surface area contributed by atoms with Crippen molar-refractivity contribution in [3.8, 4) is 11.5 Å². The largest absolute Gasteiger partial charge is 0.504 e. The minimum Gasteiger partial charge on any atom is -0.504 e. The van der Waals surface area contributed by atoms with Crippen molar-refractivity contribution in [3.63, 3.8) is 0 Å². The van der Waals surface area contributed by atoms with Gasteiger partial charge >= 0.3 is 0 Å². The van der Waals surface area contributed by atoms with E-state index in [0.717, 1.165) is 13.0 Å². The number of aromatic hydroxyl groups is 1. The van der Waals surface area contributed by atoms with Gasteiger partial charge in [0.25, 0.3) is 0 Å². The molecule has 1 aliphatic rings. The molecule has 1 aliphatic heterocycles. The molecule has 2 rings (SSSR count). The van der Waals surface area contributed by atoms with Gasteiger partial charge in [-0.15, -0.1) is 0 Å². The van der Waals surface area contributed by atoms with Crippen molar-refractivity contribution in [1.82, 2.24) is 5.32 Å². The van der Waals surface area contributed by atoms with E-state index in [4.69, 9.17) is 4.74 Å². The normalized spacial score (nSPS) is 24.6. The van der Waals surface area contributed by atoms with Crippen LogP contribution in [0.1, 0.15) is 31.9 Å². The van der Waals surface area contributed by atoms with Gasteiger partial charge in [0.15, 0.2) is 11.5 Å². The Morgan fingerprint density at radius 2 is 2.31 bits per heavy atom. The Labute approximate surface area is 96.4 Å². The molecule has 1 aromatic rings. The maximum atomic E-state index is 9.62. The fraction of sp³-hybridized carbons (Fsp3) is 0.538. The minimum atomic E-state index is 0.219. The lowest BCUT2D eigenvalue weighted by atomic mass is 10.0. The van der Waals surface area contributed by atoms with Crippen molar-refractivity contribution in [2.75, 3.05) is 13.2 Å². The van der Waals surface area contributed by atoms with Crippen molar-refractivity contribution < 1.29 is 9.84 Å². The molecule has 1 heterocycles. The quantitative estimate of drug-likeness (QED) is 0.823. The van der Waals surface area contributed by atoms with E-state index in [9.17, 15) is 5.11 Å². The van der Waals surface area contributed by atoms with Crippen LogP contribution in [-0.2, 0) is 0 Å². The Balaban J connectivity index is 2.18. The number of rotatable bonds is 3. The second-order valence-electron chi connectivity index (χ2n) is 4.46. The Morgan fingerprint density at radius 1 is 1.50 bits per heavy atom. The number of hydrogen-bond acceptors (Lipinski definition) is 3. The van der Waals surface area contributed by atoms with Crippen molar-refractivity contribution >= 4 is 0 Å². The molecule has 2 N–H and O–H groups in total. The molecule has 1 fully saturated rings. The van der Waals surface area contributed by atoms with E-state index in [2.05, 4.69) is 12.2 Å². The molecule has 0 spiro atoms. The lowest BCUT2D eigenvalue weighted by Gasteiger charge is -2.13. The van der Waals surface area contributed by atoms with Crippen LogP contribution in [-0.4, -0.2) is 18.3 Å². The summed E-state index contributed by atoms with van der Waals surface area (Å²) >= 11 is 0. The molecule has 0 radical (unpaired) electrons. The third-order valence-corrected chi connectivity index (χ3v) is 3.04. The third-order valence-electron chi connectivity index (χ3n) is 3.04. The number of nitrogens with one attached hydrogen (secondary N) is 1. The Bertz CT molecular complexity index is 365. The number of phenolic OH excluding ortho intramolecular Hbond substituents is 1. The fourth-order valence-electron chi connectivity index (χ4n) is 2.18. The summed E-state index contributed by atoms with van der Waals surface area (Å²) in [5.41, 5.74) is 1.20. The Hall–Kier alpha value is -1.22. The standard InChI is InChI=1S/C13H19NO2/c1-3-16-13-7-10(4-5-12(13)15)11-6-9(2)8-14-11/h4-5,7,9,11,14-15H,3,6,8H2,1-2H3/t9-,11+/m0/s1. The number of ether oxygens (including phenoxy) is 1. The lowest BCUT2D eigenvalue weighted by Crippen LogP contribution is -2.13. The monoisotopic (exact) mass is 221 g/mol. The SMILES string of the molecule is CCOc1cc([C@H]2C[C@H](C)CN2)ccc1O. The Morgan fingerprint density at radius 3 is 2.94 bits per heavy atom. The second-order valence-corrected chi connectivity index (χ2v) is 4.46. The molecular formula is C13H19NO2. The van der Waals surface area contributed by atoms with Gasteiger partial charge < -0.3 is 15.2 Å². The minimum absolute atomic E-state index is 0.219. The average Bonchev–Trinajstić information content (AvgIpc) is 2.69. The van der Waals surface area contributed by atoms with E-state index < -0.39 is 0 Å². The van der Waals surface area contributed by atoms with E-state index in [1.165, 1.54) is 5.56 Å². The number of phenols is 1. The van der Waals surface area contributed by atoms with Gasteiger partial charge in [0, 0.05) is 6.04 Å². The smallest absolute Gasteiger partial charge is 0.161 e. The summed E-state index contributed by atoms with van der Waals surface area (Å²) < 4.78 is 5.39. The summed E-state index contributed by atoms with van der Waals surface area (Å²) in [6, 6.07) is 6.02. The molecule has 16 heavy (non-hydrogen) atoms. The molecule has 0 bridgehead atoms. The van der Waals surface area contributed by atoms with Crippen LogP contribution in [0.3, 0.4) is 0 Å². The molecule has 3 heteroatoms. The zero-order valence-electron chi connectivity index (χ0n) is 9.86. The van der Waals surface area contributed by atoms with Crippen molar-refractivity contribution in [3.05, 3.63) is 23.8 Å². The van der Waals surface area contributed by atoms with Gasteiger partial charge in [-0.3, -0.25) is 0 Å². The summed E-state index contributed by atoms with van der Waals surface area (Å²) in [6.07, 6.45) is 1.15. The van der Waals surface area contributed by atoms with Crippen LogP contribution in [0.25, 0.3) is 0 Å². The van der Waals surface area contributed by atoms with E-state index in [1.54, 1.807) is 6.07 Å². The molecule has 0 unspecified atom stereocenters. The van der Waals surface area contributed by atoms with Crippen LogP contribution in [0, 0.1) is 5.92 Å². The van der Waals surface area contributed by atoms with Crippen LogP contribution in [0.5, 0.6) is 11.5 Å². The predicted molar refractivity (Wildman–Crippen MR) is 63.8 cm³/mol. The van der Waals surface area contributed by atoms with Gasteiger partial charge in [-0.2, -0.15) is 0 Å². The highest BCUT2D eigenvalue weighted by atomic mass is 16.5. The third kappa shape index (κ3) is 2.30. The summed E-state index contributed by atoms with van der Waals surface area (Å²) in [5, 5.41) is 13.1. The van der Waals surface area contributed by atoms with Crippen LogP contribution in [0.15, 0.2) is 18.2 Å². The number of benzene rings is 1. The van der Waals surface area contributed by atoms with Gasteiger partial charge in [0.2, 0.25) is 0 Å². The first-order valence-corrected chi connectivity index (χ1v) is 5.89. The molecule has 0 amide bonds. The second kappa shape index (κ2) is 4.74. The molecular weight excluding hydrogens is 202 g/mol. The van der Waals surface area contributed by atoms with Gasteiger partial charge in [-0.05, 0) is 43.5 Å². The molecule has 1 aromatic carbocycles. The van der Waals surface area contributed by atoms with Crippen molar-refractivity contribution in [1.29, 1.82) is 0 Å². The van der Waals surface area contributed by atoms with Crippen LogP contribution in [0.4, 0.5) is 0 Å². The predicted octanol–water partition coefficient (Wildman–Crippen LogP) is 2.46. The highest BCUT2D eigenvalue weighted by molar-refractivity contribution is 5.43. The maximum Gasteiger partial charge on any atom is 0.161 e. The Kier molecular flexibility index (Phi) is 3.34. The van der Waals surface area contributed by atoms with E-state index in [-0.39, 0.29) is 5.75 Å². The van der Waals surface area contributed by atoms with Gasteiger partial charge in [0.05, 0.1) is 6.61 Å². The number of hydrogen-bond donors (Lipinski definition) is 2. The topological polar surface area (TPSA) is 41.5 Å². The van der Waals surface area contributed by atoms with Gasteiger partial charge in [-0.25, -0.2) is 0 Å². The lowest BCUT2D eigenvalue weighted by molar-refractivity contribution is 0.317. The van der Waals surface area contributed by atoms with E-state index in [0.29, 0.717) is 24.3 Å². The summed E-state index contributed by atoms with van der Waals surface area (Å²) in [7, 11) is 0. The maximum absolute atomic E-state index is 9.62. The molecule has 88 valence electrons. The van der Waals surface area contributed by atoms with Crippen molar-refractivity contribution in [2.24, 2.45) is 5.92 Å². The molecule has 2 atom stereocenters. The highest BCUT2D eigenvalue weighted by Gasteiger charge is 2.22. The molecule has 0 aromatic heterocycles. The van der Waals surface area contributed by atoms with Crippen molar-refractivity contribution in [2.45, 2.75) is 26.3 Å². The molecule has 3 nitrogen and oxygen atoms in total. The van der Waals surface area contributed by atoms with E-state index >= 15 is 0 Å². The van der Waals surface area contributed by atoms with E-state index in [1.807, 2.05) is 19.1 Å². The summed E-state index contributed by atoms with van der Waals surface area (Å²) in [4.78, 5) is 0. The average molecular weight is 221 g/mol. The van der Waals surface area contributed by atoms with Gasteiger partial charge in [0.1, 0.15) is 0 Å². The van der Waals surface area contributed by atoms with Crippen LogP contribution < -0.4 is 10.1 Å². The molecule has 0 aliphatic carbocycles. The van der Waals surface area contributed by atoms with Crippen LogP contribution in [0.2, 0.25) is 0 Å². The van der Waals surface area contributed by atoms with Gasteiger partial charge in [-0.1, -0.05) is 13.0 Å². The fourth-order valence-corrected chi connectivity index (χ4v) is 2.18. The summed E-state index contributed by atoms with van der Waals surface area (Å²) in [5.74, 6) is 1.52. The first kappa shape index (κ1) is 11.3. The highest BCUT2D eigenvalue weighted by Crippen LogP contribution is 2.33.